The van der Waals surface area contributed by atoms with Crippen LogP contribution in [-0.4, -0.2) is 26.0 Å². The number of halogens is 2. The van der Waals surface area contributed by atoms with Crippen LogP contribution in [0.3, 0.4) is 0 Å². The van der Waals surface area contributed by atoms with Gasteiger partial charge in [-0.2, -0.15) is 0 Å². The van der Waals surface area contributed by atoms with Crippen LogP contribution in [0.1, 0.15) is 25.7 Å². The smallest absolute Gasteiger partial charge is 0.303 e. The maximum Gasteiger partial charge on any atom is 0.303 e. The van der Waals surface area contributed by atoms with Gasteiger partial charge in [0.1, 0.15) is 4.90 Å². The number of carbonyl (C=O) groups is 1. The predicted molar refractivity (Wildman–Crippen MR) is 82.9 cm³/mol. The highest BCUT2D eigenvalue weighted by atomic mass is 79.9. The summed E-state index contributed by atoms with van der Waals surface area (Å²) in [7, 11) is -3.75. The zero-order chi connectivity index (χ0) is 15.7. The normalized spacial score (nSPS) is 17.2. The molecular weight excluding hydrogens is 382 g/mol. The fourth-order valence-electron chi connectivity index (χ4n) is 2.43. The first kappa shape index (κ1) is 16.7. The van der Waals surface area contributed by atoms with Crippen LogP contribution in [0.4, 0.5) is 0 Å². The van der Waals surface area contributed by atoms with Crippen molar-refractivity contribution in [2.45, 2.75) is 30.6 Å². The van der Waals surface area contributed by atoms with Crippen molar-refractivity contribution in [3.05, 3.63) is 27.7 Å². The first-order chi connectivity index (χ1) is 9.74. The molecule has 0 aromatic heterocycles. The molecule has 0 unspecified atom stereocenters. The average molecular weight is 397 g/mol. The monoisotopic (exact) mass is 395 g/mol. The van der Waals surface area contributed by atoms with Gasteiger partial charge in [0.05, 0.1) is 11.4 Å². The van der Waals surface area contributed by atoms with Crippen LogP contribution in [0.25, 0.3) is 0 Å². The highest BCUT2D eigenvalue weighted by Crippen LogP contribution is 2.43. The van der Waals surface area contributed by atoms with Gasteiger partial charge in [0, 0.05) is 11.0 Å². The Morgan fingerprint density at radius 2 is 2.10 bits per heavy atom. The van der Waals surface area contributed by atoms with Crippen molar-refractivity contribution in [3.63, 3.8) is 0 Å². The molecule has 0 spiro atoms. The SMILES string of the molecule is O=C(O)CC1(CNS(=O)(=O)c2ccc(Br)cc2Cl)CCC1. The molecule has 1 fully saturated rings. The van der Waals surface area contributed by atoms with Gasteiger partial charge in [-0.1, -0.05) is 34.0 Å². The summed E-state index contributed by atoms with van der Waals surface area (Å²) in [5.41, 5.74) is -0.471. The van der Waals surface area contributed by atoms with Gasteiger partial charge in [-0.15, -0.1) is 0 Å². The summed E-state index contributed by atoms with van der Waals surface area (Å²) in [5, 5.41) is 9.05. The summed E-state index contributed by atoms with van der Waals surface area (Å²) in [5.74, 6) is -0.907. The van der Waals surface area contributed by atoms with E-state index in [4.69, 9.17) is 16.7 Å². The third kappa shape index (κ3) is 3.97. The van der Waals surface area contributed by atoms with Gasteiger partial charge >= 0.3 is 5.97 Å². The third-order valence-corrected chi connectivity index (χ3v) is 6.14. The molecule has 1 aliphatic rings. The van der Waals surface area contributed by atoms with Gasteiger partial charge in [-0.3, -0.25) is 4.79 Å². The molecule has 0 amide bonds. The molecule has 116 valence electrons. The van der Waals surface area contributed by atoms with Crippen molar-refractivity contribution >= 4 is 43.5 Å². The molecule has 0 radical (unpaired) electrons. The first-order valence-electron chi connectivity index (χ1n) is 6.41. The molecule has 5 nitrogen and oxygen atoms in total. The number of sulfonamides is 1. The highest BCUT2D eigenvalue weighted by Gasteiger charge is 2.40. The Hall–Kier alpha value is -0.630. The molecule has 1 saturated carbocycles. The molecule has 2 rings (SSSR count). The minimum absolute atomic E-state index is 0.00262. The van der Waals surface area contributed by atoms with Crippen molar-refractivity contribution in [1.82, 2.24) is 4.72 Å². The number of aliphatic carboxylic acids is 1. The lowest BCUT2D eigenvalue weighted by molar-refractivity contribution is -0.141. The topological polar surface area (TPSA) is 83.5 Å². The Kier molecular flexibility index (Phi) is 4.97. The van der Waals surface area contributed by atoms with E-state index in [1.807, 2.05) is 0 Å². The maximum atomic E-state index is 12.3. The average Bonchev–Trinajstić information content (AvgIpc) is 2.31. The van der Waals surface area contributed by atoms with E-state index in [1.54, 1.807) is 6.07 Å². The Labute approximate surface area is 136 Å². The van der Waals surface area contributed by atoms with Gasteiger partial charge in [0.25, 0.3) is 0 Å². The van der Waals surface area contributed by atoms with Crippen molar-refractivity contribution in [3.8, 4) is 0 Å². The number of carboxylic acid groups (broad SMARTS) is 1. The molecule has 0 atom stereocenters. The largest absolute Gasteiger partial charge is 0.481 e. The second kappa shape index (κ2) is 6.24. The maximum absolute atomic E-state index is 12.3. The fourth-order valence-corrected chi connectivity index (χ4v) is 4.63. The summed E-state index contributed by atoms with van der Waals surface area (Å²) in [6, 6.07) is 4.52. The lowest BCUT2D eigenvalue weighted by Crippen LogP contribution is -2.43. The number of nitrogens with one attached hydrogen (secondary N) is 1. The van der Waals surface area contributed by atoms with Crippen molar-refractivity contribution in [2.75, 3.05) is 6.54 Å². The summed E-state index contributed by atoms with van der Waals surface area (Å²) in [6.45, 7) is 0.119. The predicted octanol–water partition coefficient (Wildman–Crippen LogP) is 3.03. The van der Waals surface area contributed by atoms with E-state index in [0.717, 1.165) is 19.3 Å². The number of carboxylic acids is 1. The van der Waals surface area contributed by atoms with Crippen molar-refractivity contribution < 1.29 is 18.3 Å². The lowest BCUT2D eigenvalue weighted by Gasteiger charge is -2.40. The van der Waals surface area contributed by atoms with E-state index < -0.39 is 21.4 Å². The Morgan fingerprint density at radius 1 is 1.43 bits per heavy atom. The van der Waals surface area contributed by atoms with Crippen LogP contribution in [-0.2, 0) is 14.8 Å². The van der Waals surface area contributed by atoms with Crippen LogP contribution >= 0.6 is 27.5 Å². The molecule has 0 bridgehead atoms. The van der Waals surface area contributed by atoms with Crippen LogP contribution in [0.2, 0.25) is 5.02 Å². The number of hydrogen-bond donors (Lipinski definition) is 2. The first-order valence-corrected chi connectivity index (χ1v) is 9.06. The van der Waals surface area contributed by atoms with E-state index in [2.05, 4.69) is 20.7 Å². The standard InChI is InChI=1S/C13H15BrClNO4S/c14-9-2-3-11(10(15)6-9)21(19,20)16-8-13(4-1-5-13)7-12(17)18/h2-3,6,16H,1,4-5,7-8H2,(H,17,18). The fraction of sp³-hybridized carbons (Fsp3) is 0.462. The van der Waals surface area contributed by atoms with E-state index in [0.29, 0.717) is 4.47 Å². The van der Waals surface area contributed by atoms with Crippen LogP contribution in [0.15, 0.2) is 27.6 Å². The lowest BCUT2D eigenvalue weighted by atomic mass is 9.67. The summed E-state index contributed by atoms with van der Waals surface area (Å²) in [4.78, 5) is 10.9. The van der Waals surface area contributed by atoms with Crippen LogP contribution < -0.4 is 4.72 Å². The van der Waals surface area contributed by atoms with E-state index in [9.17, 15) is 13.2 Å². The molecule has 1 aromatic carbocycles. The number of hydrogen-bond acceptors (Lipinski definition) is 3. The molecule has 0 saturated heterocycles. The number of rotatable bonds is 6. The Balaban J connectivity index is 2.12. The van der Waals surface area contributed by atoms with Crippen molar-refractivity contribution in [1.29, 1.82) is 0 Å². The molecular formula is C13H15BrClNO4S. The van der Waals surface area contributed by atoms with Crippen LogP contribution in [0.5, 0.6) is 0 Å². The Bertz CT molecular complexity index is 658. The van der Waals surface area contributed by atoms with Gasteiger partial charge in [-0.25, -0.2) is 13.1 Å². The second-order valence-corrected chi connectivity index (χ2v) is 8.38. The Morgan fingerprint density at radius 3 is 2.57 bits per heavy atom. The van der Waals surface area contributed by atoms with E-state index >= 15 is 0 Å². The van der Waals surface area contributed by atoms with Gasteiger partial charge in [0.2, 0.25) is 10.0 Å². The number of benzene rings is 1. The van der Waals surface area contributed by atoms with Crippen LogP contribution in [0, 0.1) is 5.41 Å². The highest BCUT2D eigenvalue weighted by molar-refractivity contribution is 9.10. The zero-order valence-corrected chi connectivity index (χ0v) is 14.3. The molecule has 1 aliphatic carbocycles. The van der Waals surface area contributed by atoms with Crippen molar-refractivity contribution in [2.24, 2.45) is 5.41 Å². The molecule has 1 aromatic rings. The summed E-state index contributed by atoms with van der Waals surface area (Å²) in [6.07, 6.45) is 2.34. The molecule has 21 heavy (non-hydrogen) atoms. The summed E-state index contributed by atoms with van der Waals surface area (Å²) >= 11 is 9.17. The van der Waals surface area contributed by atoms with E-state index in [1.165, 1.54) is 12.1 Å². The van der Waals surface area contributed by atoms with E-state index in [-0.39, 0.29) is 22.9 Å². The minimum Gasteiger partial charge on any atom is -0.481 e. The van der Waals surface area contributed by atoms with Gasteiger partial charge < -0.3 is 5.11 Å². The minimum atomic E-state index is -3.75. The molecule has 2 N–H and O–H groups in total. The van der Waals surface area contributed by atoms with Gasteiger partial charge in [0.15, 0.2) is 0 Å². The van der Waals surface area contributed by atoms with Gasteiger partial charge in [-0.05, 0) is 36.5 Å². The molecule has 0 aliphatic heterocycles. The quantitative estimate of drug-likeness (QED) is 0.774. The summed E-state index contributed by atoms with van der Waals surface area (Å²) < 4.78 is 27.7. The second-order valence-electron chi connectivity index (χ2n) is 5.32. The zero-order valence-electron chi connectivity index (χ0n) is 11.1. The third-order valence-electron chi connectivity index (χ3n) is 3.76. The molecule has 0 heterocycles. The molecule has 8 heteroatoms.